The van der Waals surface area contributed by atoms with Crippen LogP contribution in [0, 0.1) is 0 Å². The lowest BCUT2D eigenvalue weighted by Gasteiger charge is -2.16. The summed E-state index contributed by atoms with van der Waals surface area (Å²) in [4.78, 5) is 12.0. The van der Waals surface area contributed by atoms with Gasteiger partial charge < -0.3 is 10.6 Å². The number of nitrogens with one attached hydrogen (secondary N) is 2. The van der Waals surface area contributed by atoms with Crippen molar-refractivity contribution >= 4 is 22.4 Å². The van der Waals surface area contributed by atoms with E-state index in [1.807, 2.05) is 31.2 Å². The third kappa shape index (κ3) is 2.70. The molecule has 0 heterocycles. The monoisotopic (exact) mass is 254 g/mol. The molecule has 1 unspecified atom stereocenters. The second-order valence-corrected chi connectivity index (χ2v) is 5.18. The van der Waals surface area contributed by atoms with E-state index in [1.165, 1.54) is 5.39 Å². The highest BCUT2D eigenvalue weighted by Gasteiger charge is 2.25. The van der Waals surface area contributed by atoms with Gasteiger partial charge in [-0.1, -0.05) is 36.4 Å². The first kappa shape index (κ1) is 12.0. The minimum atomic E-state index is -0.216. The first-order chi connectivity index (χ1) is 9.24. The summed E-state index contributed by atoms with van der Waals surface area (Å²) in [6.07, 6.45) is 2.24. The van der Waals surface area contributed by atoms with Gasteiger partial charge in [-0.15, -0.1) is 0 Å². The molecule has 2 N–H and O–H groups in total. The van der Waals surface area contributed by atoms with E-state index < -0.39 is 0 Å². The molecular formula is C16H18N2O. The van der Waals surface area contributed by atoms with E-state index >= 15 is 0 Å². The predicted molar refractivity (Wildman–Crippen MR) is 78.2 cm³/mol. The van der Waals surface area contributed by atoms with Gasteiger partial charge in [0.1, 0.15) is 6.04 Å². The van der Waals surface area contributed by atoms with Crippen molar-refractivity contribution in [1.29, 1.82) is 0 Å². The molecule has 1 fully saturated rings. The number of carbonyl (C=O) groups excluding carboxylic acids is 1. The van der Waals surface area contributed by atoms with Crippen molar-refractivity contribution in [3.8, 4) is 0 Å². The zero-order valence-electron chi connectivity index (χ0n) is 11.0. The van der Waals surface area contributed by atoms with Crippen molar-refractivity contribution in [1.82, 2.24) is 5.32 Å². The third-order valence-electron chi connectivity index (χ3n) is 3.48. The van der Waals surface area contributed by atoms with E-state index in [-0.39, 0.29) is 11.9 Å². The van der Waals surface area contributed by atoms with E-state index in [9.17, 15) is 4.79 Å². The van der Waals surface area contributed by atoms with Crippen molar-refractivity contribution in [3.05, 3.63) is 42.5 Å². The van der Waals surface area contributed by atoms with Gasteiger partial charge in [-0.2, -0.15) is 0 Å². The van der Waals surface area contributed by atoms with E-state index in [2.05, 4.69) is 28.8 Å². The second kappa shape index (κ2) is 4.92. The van der Waals surface area contributed by atoms with Crippen LogP contribution in [-0.2, 0) is 4.79 Å². The SMILES string of the molecule is CC(Nc1cccc2ccccc12)C(=O)NC1CC1. The van der Waals surface area contributed by atoms with Crippen LogP contribution in [0.4, 0.5) is 5.69 Å². The summed E-state index contributed by atoms with van der Waals surface area (Å²) in [6.45, 7) is 1.90. The lowest BCUT2D eigenvalue weighted by molar-refractivity contribution is -0.121. The fourth-order valence-electron chi connectivity index (χ4n) is 2.20. The van der Waals surface area contributed by atoms with Gasteiger partial charge in [-0.25, -0.2) is 0 Å². The Labute approximate surface area is 113 Å². The average molecular weight is 254 g/mol. The highest BCUT2D eigenvalue weighted by Crippen LogP contribution is 2.24. The number of rotatable bonds is 4. The fourth-order valence-corrected chi connectivity index (χ4v) is 2.20. The zero-order chi connectivity index (χ0) is 13.2. The fraction of sp³-hybridized carbons (Fsp3) is 0.312. The van der Waals surface area contributed by atoms with Crippen LogP contribution >= 0.6 is 0 Å². The van der Waals surface area contributed by atoms with Crippen LogP contribution in [0.3, 0.4) is 0 Å². The number of benzene rings is 2. The standard InChI is InChI=1S/C16H18N2O/c1-11(16(19)18-13-9-10-13)17-15-8-4-6-12-5-2-3-7-14(12)15/h2-8,11,13,17H,9-10H2,1H3,(H,18,19). The lowest BCUT2D eigenvalue weighted by Crippen LogP contribution is -2.38. The van der Waals surface area contributed by atoms with Gasteiger partial charge in [-0.05, 0) is 31.2 Å². The second-order valence-electron chi connectivity index (χ2n) is 5.18. The molecule has 3 rings (SSSR count). The topological polar surface area (TPSA) is 41.1 Å². The maximum Gasteiger partial charge on any atom is 0.242 e. The molecule has 0 aliphatic heterocycles. The van der Waals surface area contributed by atoms with Crippen LogP contribution in [0.1, 0.15) is 19.8 Å². The Morgan fingerprint density at radius 1 is 1.16 bits per heavy atom. The Hall–Kier alpha value is -2.03. The number of fused-ring (bicyclic) bond motifs is 1. The molecule has 19 heavy (non-hydrogen) atoms. The molecule has 1 atom stereocenters. The maximum atomic E-state index is 12.0. The summed E-state index contributed by atoms with van der Waals surface area (Å²) in [5.74, 6) is 0.0791. The molecule has 0 saturated heterocycles. The average Bonchev–Trinajstić information content (AvgIpc) is 3.23. The number of hydrogen-bond donors (Lipinski definition) is 2. The predicted octanol–water partition coefficient (Wildman–Crippen LogP) is 2.92. The van der Waals surface area contributed by atoms with E-state index in [0.29, 0.717) is 6.04 Å². The van der Waals surface area contributed by atoms with Crippen molar-refractivity contribution < 1.29 is 4.79 Å². The Balaban J connectivity index is 1.78. The molecule has 1 saturated carbocycles. The van der Waals surface area contributed by atoms with Gasteiger partial charge in [-0.3, -0.25) is 4.79 Å². The molecule has 1 amide bonds. The zero-order valence-corrected chi connectivity index (χ0v) is 11.0. The summed E-state index contributed by atoms with van der Waals surface area (Å²) in [6, 6.07) is 14.5. The maximum absolute atomic E-state index is 12.0. The molecule has 0 bridgehead atoms. The van der Waals surface area contributed by atoms with Crippen molar-refractivity contribution in [2.75, 3.05) is 5.32 Å². The van der Waals surface area contributed by atoms with Crippen molar-refractivity contribution in [2.24, 2.45) is 0 Å². The molecule has 0 radical (unpaired) electrons. The number of amides is 1. The summed E-state index contributed by atoms with van der Waals surface area (Å²) in [7, 11) is 0. The Bertz CT molecular complexity index is 599. The van der Waals surface area contributed by atoms with Crippen LogP contribution in [0.15, 0.2) is 42.5 Å². The summed E-state index contributed by atoms with van der Waals surface area (Å²) in [5, 5.41) is 8.66. The Morgan fingerprint density at radius 2 is 1.89 bits per heavy atom. The molecule has 0 spiro atoms. The van der Waals surface area contributed by atoms with Gasteiger partial charge in [0.05, 0.1) is 0 Å². The molecule has 3 heteroatoms. The third-order valence-corrected chi connectivity index (χ3v) is 3.48. The number of anilines is 1. The molecule has 2 aromatic carbocycles. The van der Waals surface area contributed by atoms with Crippen LogP contribution in [0.25, 0.3) is 10.8 Å². The number of carbonyl (C=O) groups is 1. The minimum absolute atomic E-state index is 0.0791. The Morgan fingerprint density at radius 3 is 2.68 bits per heavy atom. The van der Waals surface area contributed by atoms with Crippen LogP contribution in [-0.4, -0.2) is 18.0 Å². The molecule has 98 valence electrons. The van der Waals surface area contributed by atoms with Crippen LogP contribution < -0.4 is 10.6 Å². The Kier molecular flexibility index (Phi) is 3.11. The highest BCUT2D eigenvalue weighted by atomic mass is 16.2. The summed E-state index contributed by atoms with van der Waals surface area (Å²) >= 11 is 0. The van der Waals surface area contributed by atoms with E-state index in [0.717, 1.165) is 23.9 Å². The van der Waals surface area contributed by atoms with E-state index in [4.69, 9.17) is 0 Å². The summed E-state index contributed by atoms with van der Waals surface area (Å²) < 4.78 is 0. The van der Waals surface area contributed by atoms with Crippen molar-refractivity contribution in [3.63, 3.8) is 0 Å². The molecule has 1 aliphatic carbocycles. The van der Waals surface area contributed by atoms with Gasteiger partial charge in [0, 0.05) is 17.1 Å². The van der Waals surface area contributed by atoms with Gasteiger partial charge >= 0.3 is 0 Å². The quantitative estimate of drug-likeness (QED) is 0.880. The van der Waals surface area contributed by atoms with E-state index in [1.54, 1.807) is 0 Å². The normalized spacial score (nSPS) is 16.1. The molecule has 2 aromatic rings. The molecule has 0 aromatic heterocycles. The first-order valence-electron chi connectivity index (χ1n) is 6.79. The minimum Gasteiger partial charge on any atom is -0.373 e. The number of hydrogen-bond acceptors (Lipinski definition) is 2. The van der Waals surface area contributed by atoms with Gasteiger partial charge in [0.15, 0.2) is 0 Å². The highest BCUT2D eigenvalue weighted by molar-refractivity contribution is 5.95. The molecule has 3 nitrogen and oxygen atoms in total. The van der Waals surface area contributed by atoms with Gasteiger partial charge in [0.2, 0.25) is 5.91 Å². The first-order valence-corrected chi connectivity index (χ1v) is 6.79. The van der Waals surface area contributed by atoms with Gasteiger partial charge in [0.25, 0.3) is 0 Å². The summed E-state index contributed by atoms with van der Waals surface area (Å²) in [5.41, 5.74) is 1.01. The molecule has 1 aliphatic rings. The lowest BCUT2D eigenvalue weighted by atomic mass is 10.1. The largest absolute Gasteiger partial charge is 0.373 e. The van der Waals surface area contributed by atoms with Crippen LogP contribution in [0.5, 0.6) is 0 Å². The van der Waals surface area contributed by atoms with Crippen molar-refractivity contribution in [2.45, 2.75) is 31.8 Å². The van der Waals surface area contributed by atoms with Crippen LogP contribution in [0.2, 0.25) is 0 Å². The molecular weight excluding hydrogens is 236 g/mol. The smallest absolute Gasteiger partial charge is 0.242 e.